The topological polar surface area (TPSA) is 30.9 Å². The van der Waals surface area contributed by atoms with Gasteiger partial charge in [0.1, 0.15) is 0 Å². The second-order valence-corrected chi connectivity index (χ2v) is 5.17. The number of nitrogens with zero attached hydrogens (tertiary/aromatic N) is 3. The molecule has 0 bridgehead atoms. The largest absolute Gasteiger partial charge is 0.357 e. The highest BCUT2D eigenvalue weighted by atomic mass is 127. The first-order valence-electron chi connectivity index (χ1n) is 7.83. The summed E-state index contributed by atoms with van der Waals surface area (Å²) in [5.74, 6) is 1.04. The van der Waals surface area contributed by atoms with Crippen LogP contribution in [-0.2, 0) is 0 Å². The van der Waals surface area contributed by atoms with E-state index in [-0.39, 0.29) is 24.0 Å². The molecule has 0 unspecified atom stereocenters. The van der Waals surface area contributed by atoms with Gasteiger partial charge in [0.05, 0.1) is 6.54 Å². The van der Waals surface area contributed by atoms with E-state index >= 15 is 0 Å². The molecular weight excluding hydrogens is 363 g/mol. The van der Waals surface area contributed by atoms with Crippen molar-refractivity contribution < 1.29 is 0 Å². The molecule has 20 heavy (non-hydrogen) atoms. The first kappa shape index (κ1) is 22.2. The lowest BCUT2D eigenvalue weighted by molar-refractivity contribution is 0.336. The van der Waals surface area contributed by atoms with Crippen molar-refractivity contribution in [1.29, 1.82) is 0 Å². The molecule has 0 aliphatic heterocycles. The van der Waals surface area contributed by atoms with E-state index in [0.717, 1.165) is 32.1 Å². The summed E-state index contributed by atoms with van der Waals surface area (Å²) < 4.78 is 0. The Hall–Kier alpha value is -0.0400. The Labute approximate surface area is 143 Å². The van der Waals surface area contributed by atoms with Crippen LogP contribution < -0.4 is 5.32 Å². The van der Waals surface area contributed by atoms with Gasteiger partial charge in [-0.25, -0.2) is 0 Å². The fourth-order valence-corrected chi connectivity index (χ4v) is 1.84. The first-order valence-corrected chi connectivity index (χ1v) is 7.83. The maximum absolute atomic E-state index is 4.70. The number of guanidine groups is 1. The number of halogens is 1. The van der Waals surface area contributed by atoms with Crippen LogP contribution in [0.4, 0.5) is 0 Å². The number of rotatable bonds is 10. The van der Waals surface area contributed by atoms with E-state index in [2.05, 4.69) is 50.0 Å². The summed E-state index contributed by atoms with van der Waals surface area (Å²) in [5.41, 5.74) is 0. The van der Waals surface area contributed by atoms with Gasteiger partial charge in [-0.1, -0.05) is 26.7 Å². The van der Waals surface area contributed by atoms with Gasteiger partial charge >= 0.3 is 0 Å². The molecule has 122 valence electrons. The van der Waals surface area contributed by atoms with E-state index in [9.17, 15) is 0 Å². The minimum absolute atomic E-state index is 0. The number of nitrogens with one attached hydrogen (secondary N) is 1. The van der Waals surface area contributed by atoms with Gasteiger partial charge in [0.15, 0.2) is 5.96 Å². The molecule has 0 atom stereocenters. The summed E-state index contributed by atoms with van der Waals surface area (Å²) in [6.07, 6.45) is 4.98. The molecule has 0 aromatic carbocycles. The second kappa shape index (κ2) is 15.4. The number of aliphatic imine (C=N–C) groups is 1. The molecule has 0 aromatic heterocycles. The number of hydrogen-bond donors (Lipinski definition) is 1. The zero-order valence-corrected chi connectivity index (χ0v) is 16.4. The fourth-order valence-electron chi connectivity index (χ4n) is 1.84. The van der Waals surface area contributed by atoms with Gasteiger partial charge in [0.2, 0.25) is 0 Å². The van der Waals surface area contributed by atoms with Gasteiger partial charge in [0.25, 0.3) is 0 Å². The first-order chi connectivity index (χ1) is 9.15. The van der Waals surface area contributed by atoms with Crippen LogP contribution in [0.5, 0.6) is 0 Å². The number of likely N-dealkylation sites (N-methyl/N-ethyl adjacent to an activating group) is 1. The van der Waals surface area contributed by atoms with Crippen LogP contribution in [0, 0.1) is 0 Å². The van der Waals surface area contributed by atoms with E-state index in [1.165, 1.54) is 32.2 Å². The third kappa shape index (κ3) is 11.8. The smallest absolute Gasteiger partial charge is 0.193 e. The van der Waals surface area contributed by atoms with E-state index in [0.29, 0.717) is 0 Å². The maximum atomic E-state index is 4.70. The predicted molar refractivity (Wildman–Crippen MR) is 101 cm³/mol. The van der Waals surface area contributed by atoms with Crippen molar-refractivity contribution in [3.8, 4) is 0 Å². The van der Waals surface area contributed by atoms with Crippen molar-refractivity contribution in [2.45, 2.75) is 46.5 Å². The zero-order valence-electron chi connectivity index (χ0n) is 14.1. The van der Waals surface area contributed by atoms with Crippen molar-refractivity contribution in [2.75, 3.05) is 46.8 Å². The molecule has 0 amide bonds. The third-order valence-electron chi connectivity index (χ3n) is 3.18. The maximum Gasteiger partial charge on any atom is 0.193 e. The second-order valence-electron chi connectivity index (χ2n) is 5.17. The summed E-state index contributed by atoms with van der Waals surface area (Å²) in [4.78, 5) is 9.30. The minimum atomic E-state index is 0. The summed E-state index contributed by atoms with van der Waals surface area (Å²) in [5, 5.41) is 3.37. The van der Waals surface area contributed by atoms with Crippen molar-refractivity contribution in [3.05, 3.63) is 0 Å². The lowest BCUT2D eigenvalue weighted by atomic mass is 10.3. The zero-order chi connectivity index (χ0) is 14.5. The Balaban J connectivity index is 0. The molecule has 0 aliphatic carbocycles. The van der Waals surface area contributed by atoms with Crippen LogP contribution in [0.1, 0.15) is 46.5 Å². The molecule has 0 rings (SSSR count). The average molecular weight is 398 g/mol. The summed E-state index contributed by atoms with van der Waals surface area (Å²) in [6.45, 7) is 11.7. The van der Waals surface area contributed by atoms with Crippen LogP contribution in [-0.4, -0.2) is 62.6 Å². The van der Waals surface area contributed by atoms with Gasteiger partial charge in [-0.2, -0.15) is 0 Å². The molecule has 0 fully saturated rings. The molecule has 0 saturated heterocycles. The molecule has 0 aliphatic rings. The van der Waals surface area contributed by atoms with Crippen molar-refractivity contribution in [1.82, 2.24) is 15.1 Å². The number of hydrogen-bond acceptors (Lipinski definition) is 2. The van der Waals surface area contributed by atoms with E-state index in [4.69, 9.17) is 4.99 Å². The number of unbranched alkanes of at least 4 members (excludes halogenated alkanes) is 2. The Morgan fingerprint density at radius 3 is 2.10 bits per heavy atom. The molecule has 0 radical (unpaired) electrons. The molecule has 5 heteroatoms. The Kier molecular flexibility index (Phi) is 17.1. The highest BCUT2D eigenvalue weighted by Gasteiger charge is 2.04. The van der Waals surface area contributed by atoms with Gasteiger partial charge in [-0.15, -0.1) is 24.0 Å². The van der Waals surface area contributed by atoms with Crippen molar-refractivity contribution in [2.24, 2.45) is 4.99 Å². The SMILES string of the molecule is CCCCN(C)CCN=C(NCC)N(C)CCCC.I. The molecular formula is C15H35IN4. The fraction of sp³-hybridized carbons (Fsp3) is 0.933. The quantitative estimate of drug-likeness (QED) is 0.349. The molecule has 0 spiro atoms. The van der Waals surface area contributed by atoms with Crippen LogP contribution in [0.2, 0.25) is 0 Å². The van der Waals surface area contributed by atoms with Gasteiger partial charge in [0, 0.05) is 26.7 Å². The van der Waals surface area contributed by atoms with Gasteiger partial charge in [-0.05, 0) is 33.4 Å². The van der Waals surface area contributed by atoms with Crippen LogP contribution in [0.15, 0.2) is 4.99 Å². The van der Waals surface area contributed by atoms with Crippen LogP contribution >= 0.6 is 24.0 Å². The van der Waals surface area contributed by atoms with Crippen LogP contribution in [0.3, 0.4) is 0 Å². The van der Waals surface area contributed by atoms with E-state index < -0.39 is 0 Å². The standard InChI is InChI=1S/C15H34N4.HI/c1-6-9-12-18(4)14-11-17-15(16-8-3)19(5)13-10-7-2;/h6-14H2,1-5H3,(H,16,17);1H. The van der Waals surface area contributed by atoms with Crippen LogP contribution in [0.25, 0.3) is 0 Å². The Morgan fingerprint density at radius 2 is 1.55 bits per heavy atom. The van der Waals surface area contributed by atoms with Crippen molar-refractivity contribution >= 4 is 29.9 Å². The third-order valence-corrected chi connectivity index (χ3v) is 3.18. The van der Waals surface area contributed by atoms with Crippen molar-refractivity contribution in [3.63, 3.8) is 0 Å². The lowest BCUT2D eigenvalue weighted by Crippen LogP contribution is -2.40. The summed E-state index contributed by atoms with van der Waals surface area (Å²) >= 11 is 0. The molecule has 4 nitrogen and oxygen atoms in total. The molecule has 0 aromatic rings. The van der Waals surface area contributed by atoms with E-state index in [1.54, 1.807) is 0 Å². The minimum Gasteiger partial charge on any atom is -0.357 e. The highest BCUT2D eigenvalue weighted by Crippen LogP contribution is 1.95. The summed E-state index contributed by atoms with van der Waals surface area (Å²) in [6, 6.07) is 0. The summed E-state index contributed by atoms with van der Waals surface area (Å²) in [7, 11) is 4.30. The monoisotopic (exact) mass is 398 g/mol. The lowest BCUT2D eigenvalue weighted by Gasteiger charge is -2.22. The van der Waals surface area contributed by atoms with Gasteiger partial charge < -0.3 is 15.1 Å². The molecule has 0 saturated carbocycles. The normalized spacial score (nSPS) is 11.4. The highest BCUT2D eigenvalue weighted by molar-refractivity contribution is 14.0. The molecule has 1 N–H and O–H groups in total. The Morgan fingerprint density at radius 1 is 0.950 bits per heavy atom. The predicted octanol–water partition coefficient (Wildman–Crippen LogP) is 3.03. The van der Waals surface area contributed by atoms with Gasteiger partial charge in [-0.3, -0.25) is 4.99 Å². The Bertz CT molecular complexity index is 234. The van der Waals surface area contributed by atoms with E-state index in [1.807, 2.05) is 0 Å². The average Bonchev–Trinajstić information content (AvgIpc) is 2.41. The molecule has 0 heterocycles.